The van der Waals surface area contributed by atoms with Crippen molar-refractivity contribution in [3.8, 4) is 22.9 Å². The Morgan fingerprint density at radius 1 is 1.03 bits per heavy atom. The van der Waals surface area contributed by atoms with E-state index < -0.39 is 6.04 Å². The van der Waals surface area contributed by atoms with Crippen molar-refractivity contribution in [1.29, 1.82) is 0 Å². The number of allylic oxidation sites excluding steroid dienone is 1. The zero-order valence-corrected chi connectivity index (χ0v) is 21.1. The number of ether oxygens (including phenoxy) is 3. The Morgan fingerprint density at radius 3 is 2.42 bits per heavy atom. The van der Waals surface area contributed by atoms with Gasteiger partial charge in [-0.05, 0) is 69.2 Å². The maximum absolute atomic E-state index is 13.1. The van der Waals surface area contributed by atoms with Gasteiger partial charge >= 0.3 is 6.03 Å². The van der Waals surface area contributed by atoms with Crippen molar-refractivity contribution in [1.82, 2.24) is 20.4 Å². The zero-order chi connectivity index (χ0) is 25.5. The molecule has 0 bridgehead atoms. The minimum Gasteiger partial charge on any atom is -0.497 e. The van der Waals surface area contributed by atoms with Crippen molar-refractivity contribution in [2.75, 3.05) is 33.5 Å². The molecule has 190 valence electrons. The Hall–Kier alpha value is -3.85. The number of rotatable bonds is 11. The van der Waals surface area contributed by atoms with Crippen molar-refractivity contribution in [2.24, 2.45) is 0 Å². The second kappa shape index (κ2) is 11.7. The Bertz CT molecular complexity index is 1190. The first kappa shape index (κ1) is 25.2. The van der Waals surface area contributed by atoms with E-state index >= 15 is 0 Å². The summed E-state index contributed by atoms with van der Waals surface area (Å²) in [4.78, 5) is 19.5. The van der Waals surface area contributed by atoms with Crippen LogP contribution in [0.25, 0.3) is 17.0 Å². The summed E-state index contributed by atoms with van der Waals surface area (Å²) in [5.74, 6) is 2.32. The molecule has 9 heteroatoms. The molecule has 1 aliphatic rings. The zero-order valence-electron chi connectivity index (χ0n) is 21.1. The van der Waals surface area contributed by atoms with Crippen molar-refractivity contribution < 1.29 is 23.5 Å². The normalized spacial score (nSPS) is 15.7. The number of hydrogen-bond acceptors (Lipinski definition) is 7. The van der Waals surface area contributed by atoms with Gasteiger partial charge in [-0.3, -0.25) is 4.90 Å². The van der Waals surface area contributed by atoms with E-state index in [2.05, 4.69) is 10.5 Å². The molecule has 2 aromatic carbocycles. The van der Waals surface area contributed by atoms with Gasteiger partial charge in [0.1, 0.15) is 11.5 Å². The predicted molar refractivity (Wildman–Crippen MR) is 136 cm³/mol. The van der Waals surface area contributed by atoms with Crippen LogP contribution in [0.15, 0.2) is 58.8 Å². The summed E-state index contributed by atoms with van der Waals surface area (Å²) in [6.07, 6.45) is 0.709. The molecule has 2 heterocycles. The van der Waals surface area contributed by atoms with Crippen LogP contribution in [0.1, 0.15) is 44.7 Å². The van der Waals surface area contributed by atoms with Gasteiger partial charge < -0.3 is 24.1 Å². The van der Waals surface area contributed by atoms with Crippen LogP contribution in [-0.4, -0.2) is 54.5 Å². The first-order valence-electron chi connectivity index (χ1n) is 12.1. The van der Waals surface area contributed by atoms with Crippen LogP contribution >= 0.6 is 0 Å². The Labute approximate surface area is 211 Å². The van der Waals surface area contributed by atoms with E-state index in [1.165, 1.54) is 0 Å². The summed E-state index contributed by atoms with van der Waals surface area (Å²) in [5, 5.41) is 7.34. The molecule has 4 rings (SSSR count). The Morgan fingerprint density at radius 2 is 1.75 bits per heavy atom. The molecule has 1 unspecified atom stereocenters. The van der Waals surface area contributed by atoms with Gasteiger partial charge in [-0.1, -0.05) is 17.3 Å². The number of aromatic nitrogens is 2. The first-order chi connectivity index (χ1) is 17.5. The minimum absolute atomic E-state index is 0.181. The number of amides is 2. The molecule has 9 nitrogen and oxygen atoms in total. The highest BCUT2D eigenvalue weighted by atomic mass is 16.5. The van der Waals surface area contributed by atoms with Crippen molar-refractivity contribution in [3.05, 3.63) is 65.7 Å². The van der Waals surface area contributed by atoms with Crippen LogP contribution < -0.4 is 14.8 Å². The monoisotopic (exact) mass is 492 g/mol. The molecule has 0 spiro atoms. The van der Waals surface area contributed by atoms with Gasteiger partial charge in [0, 0.05) is 31.0 Å². The topological polar surface area (TPSA) is 99.0 Å². The lowest BCUT2D eigenvalue weighted by Crippen LogP contribution is -2.46. The van der Waals surface area contributed by atoms with Crippen LogP contribution in [0.5, 0.6) is 11.5 Å². The molecular weight excluding hydrogens is 460 g/mol. The molecule has 2 amide bonds. The Kier molecular flexibility index (Phi) is 8.22. The summed E-state index contributed by atoms with van der Waals surface area (Å²) >= 11 is 0. The van der Waals surface area contributed by atoms with Gasteiger partial charge in [0.15, 0.2) is 0 Å². The minimum atomic E-state index is -0.458. The standard InChI is InChI=1S/C27H32N4O5/c1-5-34-17-7-16-31-18(3)23(24(28-27(31)32)19-8-12-21(33-4)13-9-19)26-29-25(30-36-26)20-10-14-22(15-11-20)35-6-2/h8-15,24H,5-7,16-17H2,1-4H3,(H,28,32). The maximum Gasteiger partial charge on any atom is 0.322 e. The third-order valence-electron chi connectivity index (χ3n) is 6.00. The average Bonchev–Trinajstić information content (AvgIpc) is 3.38. The molecule has 1 N–H and O–H groups in total. The molecule has 0 saturated heterocycles. The van der Waals surface area contributed by atoms with Crippen LogP contribution in [-0.2, 0) is 4.74 Å². The smallest absolute Gasteiger partial charge is 0.322 e. The molecule has 1 atom stereocenters. The van der Waals surface area contributed by atoms with Gasteiger partial charge in [-0.25, -0.2) is 4.79 Å². The fourth-order valence-electron chi connectivity index (χ4n) is 4.16. The van der Waals surface area contributed by atoms with Gasteiger partial charge in [-0.15, -0.1) is 0 Å². The third kappa shape index (κ3) is 5.52. The fourth-order valence-corrected chi connectivity index (χ4v) is 4.16. The SMILES string of the molecule is CCOCCCN1C(=O)NC(c2ccc(OC)cc2)C(c2nc(-c3ccc(OCC)cc3)no2)=C1C. The summed E-state index contributed by atoms with van der Waals surface area (Å²) in [6, 6.07) is 14.5. The first-order valence-corrected chi connectivity index (χ1v) is 12.1. The number of methoxy groups -OCH3 is 1. The molecular formula is C27H32N4O5. The number of carbonyl (C=O) groups excluding carboxylic acids is 1. The highest BCUT2D eigenvalue weighted by Crippen LogP contribution is 2.38. The quantitative estimate of drug-likeness (QED) is 0.373. The van der Waals surface area contributed by atoms with E-state index in [-0.39, 0.29) is 6.03 Å². The van der Waals surface area contributed by atoms with E-state index in [1.54, 1.807) is 12.0 Å². The van der Waals surface area contributed by atoms with Gasteiger partial charge in [-0.2, -0.15) is 4.98 Å². The van der Waals surface area contributed by atoms with Crippen molar-refractivity contribution in [3.63, 3.8) is 0 Å². The number of hydrogen-bond donors (Lipinski definition) is 1. The lowest BCUT2D eigenvalue weighted by atomic mass is 9.94. The van der Waals surface area contributed by atoms with E-state index in [0.29, 0.717) is 44.5 Å². The molecule has 1 aliphatic heterocycles. The highest BCUT2D eigenvalue weighted by Gasteiger charge is 2.35. The van der Waals surface area contributed by atoms with E-state index in [9.17, 15) is 4.79 Å². The van der Waals surface area contributed by atoms with Crippen molar-refractivity contribution in [2.45, 2.75) is 33.2 Å². The molecule has 0 radical (unpaired) electrons. The molecule has 3 aromatic rings. The molecule has 36 heavy (non-hydrogen) atoms. The largest absolute Gasteiger partial charge is 0.497 e. The third-order valence-corrected chi connectivity index (χ3v) is 6.00. The van der Waals surface area contributed by atoms with E-state index in [1.807, 2.05) is 69.3 Å². The van der Waals surface area contributed by atoms with Crippen LogP contribution in [0.2, 0.25) is 0 Å². The lowest BCUT2D eigenvalue weighted by Gasteiger charge is -2.35. The molecule has 0 saturated carbocycles. The second-order valence-corrected chi connectivity index (χ2v) is 8.24. The summed E-state index contributed by atoms with van der Waals surface area (Å²) in [6.45, 7) is 8.13. The number of benzene rings is 2. The fraction of sp³-hybridized carbons (Fsp3) is 0.370. The second-order valence-electron chi connectivity index (χ2n) is 8.24. The van der Waals surface area contributed by atoms with Gasteiger partial charge in [0.25, 0.3) is 5.89 Å². The van der Waals surface area contributed by atoms with Crippen molar-refractivity contribution >= 4 is 11.6 Å². The summed E-state index contributed by atoms with van der Waals surface area (Å²) < 4.78 is 22.0. The summed E-state index contributed by atoms with van der Waals surface area (Å²) in [7, 11) is 1.62. The molecule has 1 aromatic heterocycles. The molecule has 0 fully saturated rings. The molecule has 0 aliphatic carbocycles. The predicted octanol–water partition coefficient (Wildman–Crippen LogP) is 5.07. The van der Waals surface area contributed by atoms with E-state index in [0.717, 1.165) is 33.9 Å². The summed E-state index contributed by atoms with van der Waals surface area (Å²) in [5.41, 5.74) is 3.20. The number of nitrogens with one attached hydrogen (secondary N) is 1. The van der Waals surface area contributed by atoms with E-state index in [4.69, 9.17) is 23.7 Å². The van der Waals surface area contributed by atoms with Crippen LogP contribution in [0.4, 0.5) is 4.79 Å². The maximum atomic E-state index is 13.1. The van der Waals surface area contributed by atoms with Gasteiger partial charge in [0.2, 0.25) is 5.82 Å². The van der Waals surface area contributed by atoms with Crippen LogP contribution in [0, 0.1) is 0 Å². The number of nitrogens with zero attached hydrogens (tertiary/aromatic N) is 3. The average molecular weight is 493 g/mol. The lowest BCUT2D eigenvalue weighted by molar-refractivity contribution is 0.136. The van der Waals surface area contributed by atoms with Crippen LogP contribution in [0.3, 0.4) is 0 Å². The number of carbonyl (C=O) groups is 1. The highest BCUT2D eigenvalue weighted by molar-refractivity contribution is 5.86. The van der Waals surface area contributed by atoms with Gasteiger partial charge in [0.05, 0.1) is 25.3 Å². The Balaban J connectivity index is 1.69. The number of urea groups is 1.